The zero-order chi connectivity index (χ0) is 11.1. The maximum Gasteiger partial charge on any atom is 0.122 e. The molecule has 0 unspecified atom stereocenters. The molecule has 0 aliphatic rings. The molecule has 0 aromatic heterocycles. The minimum absolute atomic E-state index is 0.639. The summed E-state index contributed by atoms with van der Waals surface area (Å²) in [5.74, 6) is 0.934. The summed E-state index contributed by atoms with van der Waals surface area (Å²) in [6, 6.07) is 6.13. The van der Waals surface area contributed by atoms with E-state index in [1.165, 1.54) is 11.1 Å². The smallest absolute Gasteiger partial charge is 0.122 e. The van der Waals surface area contributed by atoms with E-state index in [0.29, 0.717) is 13.2 Å². The average Bonchev–Trinajstić information content (AvgIpc) is 2.27. The van der Waals surface area contributed by atoms with E-state index in [-0.39, 0.29) is 0 Å². The van der Waals surface area contributed by atoms with E-state index in [4.69, 9.17) is 15.2 Å². The van der Waals surface area contributed by atoms with Crippen molar-refractivity contribution in [2.75, 3.05) is 20.8 Å². The van der Waals surface area contributed by atoms with Gasteiger partial charge in [0.2, 0.25) is 0 Å². The molecule has 0 bridgehead atoms. The fourth-order valence-corrected chi connectivity index (χ4v) is 1.58. The van der Waals surface area contributed by atoms with E-state index < -0.39 is 0 Å². The molecule has 0 heterocycles. The second-order valence-corrected chi connectivity index (χ2v) is 3.47. The molecule has 84 valence electrons. The van der Waals surface area contributed by atoms with Crippen molar-refractivity contribution in [1.82, 2.24) is 0 Å². The molecule has 0 aliphatic heterocycles. The van der Waals surface area contributed by atoms with Crippen molar-refractivity contribution in [3.05, 3.63) is 29.3 Å². The predicted octanol–water partition coefficient (Wildman–Crippen LogP) is 1.73. The number of ether oxygens (including phenoxy) is 2. The minimum Gasteiger partial charge on any atom is -0.496 e. The monoisotopic (exact) mass is 209 g/mol. The second kappa shape index (κ2) is 6.43. The largest absolute Gasteiger partial charge is 0.496 e. The Balaban J connectivity index is 2.81. The fourth-order valence-electron chi connectivity index (χ4n) is 1.58. The molecule has 3 nitrogen and oxygen atoms in total. The lowest BCUT2D eigenvalue weighted by Crippen LogP contribution is -2.02. The number of hydrogen-bond donors (Lipinski definition) is 1. The Hall–Kier alpha value is -1.06. The van der Waals surface area contributed by atoms with Crippen LogP contribution in [0.2, 0.25) is 0 Å². The molecule has 3 heteroatoms. The molecule has 0 saturated heterocycles. The summed E-state index contributed by atoms with van der Waals surface area (Å²) in [6.07, 6.45) is 1.93. The first-order valence-corrected chi connectivity index (χ1v) is 5.16. The van der Waals surface area contributed by atoms with E-state index in [1.54, 1.807) is 14.2 Å². The highest BCUT2D eigenvalue weighted by Gasteiger charge is 2.03. The molecule has 1 rings (SSSR count). The van der Waals surface area contributed by atoms with Crippen molar-refractivity contribution in [2.24, 2.45) is 5.73 Å². The van der Waals surface area contributed by atoms with Crippen molar-refractivity contribution in [1.29, 1.82) is 0 Å². The first-order valence-electron chi connectivity index (χ1n) is 5.16. The number of hydrogen-bond acceptors (Lipinski definition) is 3. The molecule has 0 spiro atoms. The van der Waals surface area contributed by atoms with Crippen LogP contribution < -0.4 is 10.5 Å². The number of rotatable bonds is 6. The van der Waals surface area contributed by atoms with Gasteiger partial charge in [-0.1, -0.05) is 6.07 Å². The van der Waals surface area contributed by atoms with Crippen LogP contribution in [0.3, 0.4) is 0 Å². The molecular weight excluding hydrogens is 190 g/mol. The molecule has 15 heavy (non-hydrogen) atoms. The lowest BCUT2D eigenvalue weighted by molar-refractivity contribution is 0.184. The van der Waals surface area contributed by atoms with Crippen molar-refractivity contribution < 1.29 is 9.47 Å². The summed E-state index contributed by atoms with van der Waals surface area (Å²) in [5.41, 5.74) is 7.88. The van der Waals surface area contributed by atoms with Crippen molar-refractivity contribution >= 4 is 0 Å². The van der Waals surface area contributed by atoms with E-state index in [2.05, 4.69) is 6.07 Å². The lowest BCUT2D eigenvalue weighted by Gasteiger charge is -2.10. The van der Waals surface area contributed by atoms with Gasteiger partial charge in [0.05, 0.1) is 13.7 Å². The van der Waals surface area contributed by atoms with Crippen LogP contribution in [-0.4, -0.2) is 20.8 Å². The molecule has 0 atom stereocenters. The zero-order valence-electron chi connectivity index (χ0n) is 9.45. The van der Waals surface area contributed by atoms with Gasteiger partial charge in [-0.05, 0) is 42.6 Å². The summed E-state index contributed by atoms with van der Waals surface area (Å²) in [6.45, 7) is 1.34. The quantitative estimate of drug-likeness (QED) is 0.776. The molecule has 0 fully saturated rings. The van der Waals surface area contributed by atoms with Crippen LogP contribution in [-0.2, 0) is 17.8 Å². The highest BCUT2D eigenvalue weighted by Crippen LogP contribution is 2.21. The third-order valence-corrected chi connectivity index (χ3v) is 2.31. The van der Waals surface area contributed by atoms with Gasteiger partial charge in [-0.25, -0.2) is 0 Å². The average molecular weight is 209 g/mol. The standard InChI is InChI=1S/C12H19NO2/c1-14-9-10-5-6-12(15-2)11(8-10)4-3-7-13/h5-6,8H,3-4,7,9,13H2,1-2H3. The van der Waals surface area contributed by atoms with Gasteiger partial charge in [-0.3, -0.25) is 0 Å². The SMILES string of the molecule is COCc1ccc(OC)c(CCCN)c1. The van der Waals surface area contributed by atoms with Gasteiger partial charge in [0.25, 0.3) is 0 Å². The van der Waals surface area contributed by atoms with Crippen molar-refractivity contribution in [2.45, 2.75) is 19.4 Å². The zero-order valence-corrected chi connectivity index (χ0v) is 9.45. The third kappa shape index (κ3) is 3.53. The summed E-state index contributed by atoms with van der Waals surface area (Å²) in [7, 11) is 3.39. The lowest BCUT2D eigenvalue weighted by atomic mass is 10.1. The highest BCUT2D eigenvalue weighted by molar-refractivity contribution is 5.37. The van der Waals surface area contributed by atoms with Gasteiger partial charge in [0.15, 0.2) is 0 Å². The topological polar surface area (TPSA) is 44.5 Å². The maximum absolute atomic E-state index is 5.50. The van der Waals surface area contributed by atoms with Crippen molar-refractivity contribution in [3.8, 4) is 5.75 Å². The van der Waals surface area contributed by atoms with E-state index in [9.17, 15) is 0 Å². The van der Waals surface area contributed by atoms with Gasteiger partial charge in [-0.15, -0.1) is 0 Å². The van der Waals surface area contributed by atoms with Gasteiger partial charge in [0, 0.05) is 7.11 Å². The number of nitrogens with two attached hydrogens (primary N) is 1. The number of aryl methyl sites for hydroxylation is 1. The first-order chi connectivity index (χ1) is 7.31. The molecule has 1 aromatic rings. The second-order valence-electron chi connectivity index (χ2n) is 3.47. The fraction of sp³-hybridized carbons (Fsp3) is 0.500. The van der Waals surface area contributed by atoms with Gasteiger partial charge >= 0.3 is 0 Å². The number of methoxy groups -OCH3 is 2. The van der Waals surface area contributed by atoms with Crippen LogP contribution in [0.15, 0.2) is 18.2 Å². The van der Waals surface area contributed by atoms with E-state index in [0.717, 1.165) is 18.6 Å². The summed E-state index contributed by atoms with van der Waals surface area (Å²) < 4.78 is 10.4. The van der Waals surface area contributed by atoms with E-state index in [1.807, 2.05) is 12.1 Å². The summed E-state index contributed by atoms with van der Waals surface area (Å²) in [5, 5.41) is 0. The van der Waals surface area contributed by atoms with Crippen LogP contribution >= 0.6 is 0 Å². The molecule has 1 aromatic carbocycles. The molecular formula is C12H19NO2. The highest BCUT2D eigenvalue weighted by atomic mass is 16.5. The molecule has 2 N–H and O–H groups in total. The van der Waals surface area contributed by atoms with Crippen molar-refractivity contribution in [3.63, 3.8) is 0 Å². The van der Waals surface area contributed by atoms with Gasteiger partial charge < -0.3 is 15.2 Å². The van der Waals surface area contributed by atoms with Crippen LogP contribution in [0.1, 0.15) is 17.5 Å². The summed E-state index contributed by atoms with van der Waals surface area (Å²) in [4.78, 5) is 0. The molecule has 0 amide bonds. The Morgan fingerprint density at radius 1 is 1.27 bits per heavy atom. The third-order valence-electron chi connectivity index (χ3n) is 2.31. The Bertz CT molecular complexity index is 300. The predicted molar refractivity (Wildman–Crippen MR) is 61.1 cm³/mol. The van der Waals surface area contributed by atoms with Crippen LogP contribution in [0.5, 0.6) is 5.75 Å². The van der Waals surface area contributed by atoms with E-state index >= 15 is 0 Å². The van der Waals surface area contributed by atoms with Gasteiger partial charge in [0.1, 0.15) is 5.75 Å². The normalized spacial score (nSPS) is 10.3. The number of benzene rings is 1. The molecule has 0 radical (unpaired) electrons. The van der Waals surface area contributed by atoms with Gasteiger partial charge in [-0.2, -0.15) is 0 Å². The Labute approximate surface area is 91.2 Å². The van der Waals surface area contributed by atoms with Crippen LogP contribution in [0.25, 0.3) is 0 Å². The summed E-state index contributed by atoms with van der Waals surface area (Å²) >= 11 is 0. The minimum atomic E-state index is 0.639. The maximum atomic E-state index is 5.50. The first kappa shape index (κ1) is 12.0. The molecule has 0 aliphatic carbocycles. The Kier molecular flexibility index (Phi) is 5.15. The van der Waals surface area contributed by atoms with Crippen LogP contribution in [0.4, 0.5) is 0 Å². The van der Waals surface area contributed by atoms with Crippen LogP contribution in [0, 0.1) is 0 Å². The Morgan fingerprint density at radius 2 is 2.07 bits per heavy atom. The Morgan fingerprint density at radius 3 is 2.67 bits per heavy atom. The molecule has 0 saturated carbocycles.